The van der Waals surface area contributed by atoms with E-state index in [0.717, 1.165) is 52.1 Å². The molecule has 1 saturated carbocycles. The highest BCUT2D eigenvalue weighted by molar-refractivity contribution is 5.79. The van der Waals surface area contributed by atoms with Gasteiger partial charge in [-0.3, -0.25) is 9.69 Å². The highest BCUT2D eigenvalue weighted by Crippen LogP contribution is 2.26. The van der Waals surface area contributed by atoms with Crippen molar-refractivity contribution >= 4 is 5.91 Å². The van der Waals surface area contributed by atoms with Crippen molar-refractivity contribution in [3.05, 3.63) is 35.9 Å². The Morgan fingerprint density at radius 3 is 2.59 bits per heavy atom. The smallest absolute Gasteiger partial charge is 0.223 e. The van der Waals surface area contributed by atoms with Crippen molar-refractivity contribution in [2.24, 2.45) is 5.92 Å². The second-order valence-corrected chi connectivity index (χ2v) is 6.36. The summed E-state index contributed by atoms with van der Waals surface area (Å²) >= 11 is 0. The molecule has 1 aliphatic heterocycles. The van der Waals surface area contributed by atoms with Gasteiger partial charge in [-0.05, 0) is 24.8 Å². The molecule has 0 spiro atoms. The quantitative estimate of drug-likeness (QED) is 0.872. The van der Waals surface area contributed by atoms with Crippen LogP contribution < -0.4 is 5.32 Å². The highest BCUT2D eigenvalue weighted by atomic mass is 16.5. The predicted molar refractivity (Wildman–Crippen MR) is 86.7 cm³/mol. The summed E-state index contributed by atoms with van der Waals surface area (Å²) in [6.07, 6.45) is 4.31. The van der Waals surface area contributed by atoms with Gasteiger partial charge < -0.3 is 10.1 Å². The number of carbonyl (C=O) groups is 1. The zero-order chi connectivity index (χ0) is 15.2. The fourth-order valence-corrected chi connectivity index (χ4v) is 3.19. The Bertz CT molecular complexity index is 467. The molecule has 2 aliphatic rings. The normalized spacial score (nSPS) is 21.1. The van der Waals surface area contributed by atoms with E-state index in [-0.39, 0.29) is 11.8 Å². The second kappa shape index (κ2) is 7.75. The van der Waals surface area contributed by atoms with Crippen LogP contribution in [0.15, 0.2) is 30.3 Å². The molecule has 3 rings (SSSR count). The standard InChI is InChI=1S/C18H26N2O2/c21-18(16-7-4-8-16)19-14-17(20-9-11-22-12-10-20)13-15-5-2-1-3-6-15/h1-3,5-6,16-17H,4,7-14H2,(H,19,21). The number of morpholine rings is 1. The largest absolute Gasteiger partial charge is 0.379 e. The zero-order valence-corrected chi connectivity index (χ0v) is 13.2. The summed E-state index contributed by atoms with van der Waals surface area (Å²) in [5.74, 6) is 0.514. The maximum atomic E-state index is 12.1. The van der Waals surface area contributed by atoms with E-state index >= 15 is 0 Å². The van der Waals surface area contributed by atoms with Crippen LogP contribution in [-0.2, 0) is 16.0 Å². The number of amides is 1. The van der Waals surface area contributed by atoms with E-state index in [1.807, 2.05) is 6.07 Å². The van der Waals surface area contributed by atoms with Crippen molar-refractivity contribution in [2.75, 3.05) is 32.8 Å². The minimum atomic E-state index is 0.248. The Morgan fingerprint density at radius 2 is 1.95 bits per heavy atom. The van der Waals surface area contributed by atoms with Gasteiger partial charge in [-0.25, -0.2) is 0 Å². The minimum Gasteiger partial charge on any atom is -0.379 e. The van der Waals surface area contributed by atoms with Gasteiger partial charge in [0.05, 0.1) is 13.2 Å². The molecule has 1 aromatic rings. The first-order chi connectivity index (χ1) is 10.8. The molecule has 4 nitrogen and oxygen atoms in total. The van der Waals surface area contributed by atoms with Crippen LogP contribution in [0, 0.1) is 5.92 Å². The summed E-state index contributed by atoms with van der Waals surface area (Å²) in [5, 5.41) is 3.18. The van der Waals surface area contributed by atoms with Crippen LogP contribution in [0.4, 0.5) is 0 Å². The van der Waals surface area contributed by atoms with Gasteiger partial charge in [0.15, 0.2) is 0 Å². The molecular weight excluding hydrogens is 276 g/mol. The third kappa shape index (κ3) is 4.08. The second-order valence-electron chi connectivity index (χ2n) is 6.36. The molecule has 0 bridgehead atoms. The van der Waals surface area contributed by atoms with Crippen LogP contribution in [0.3, 0.4) is 0 Å². The molecule has 120 valence electrons. The number of ether oxygens (including phenoxy) is 1. The number of benzene rings is 1. The van der Waals surface area contributed by atoms with Crippen molar-refractivity contribution < 1.29 is 9.53 Å². The highest BCUT2D eigenvalue weighted by Gasteiger charge is 2.27. The number of hydrogen-bond donors (Lipinski definition) is 1. The third-order valence-corrected chi connectivity index (χ3v) is 4.86. The van der Waals surface area contributed by atoms with E-state index in [1.165, 1.54) is 12.0 Å². The van der Waals surface area contributed by atoms with E-state index in [0.29, 0.717) is 6.04 Å². The van der Waals surface area contributed by atoms with E-state index in [4.69, 9.17) is 4.74 Å². The summed E-state index contributed by atoms with van der Waals surface area (Å²) < 4.78 is 5.46. The lowest BCUT2D eigenvalue weighted by molar-refractivity contribution is -0.127. The molecule has 1 aliphatic carbocycles. The molecule has 1 amide bonds. The van der Waals surface area contributed by atoms with E-state index in [9.17, 15) is 4.79 Å². The molecule has 1 saturated heterocycles. The molecule has 1 heterocycles. The molecule has 0 radical (unpaired) electrons. The average Bonchev–Trinajstić information content (AvgIpc) is 2.51. The van der Waals surface area contributed by atoms with Crippen LogP contribution >= 0.6 is 0 Å². The number of nitrogens with zero attached hydrogens (tertiary/aromatic N) is 1. The Balaban J connectivity index is 1.58. The Labute approximate surface area is 132 Å². The fraction of sp³-hybridized carbons (Fsp3) is 0.611. The van der Waals surface area contributed by atoms with Crippen LogP contribution in [0.1, 0.15) is 24.8 Å². The van der Waals surface area contributed by atoms with E-state index in [2.05, 4.69) is 34.5 Å². The molecule has 1 atom stereocenters. The molecular formula is C18H26N2O2. The van der Waals surface area contributed by atoms with Crippen molar-refractivity contribution in [1.29, 1.82) is 0 Å². The Morgan fingerprint density at radius 1 is 1.23 bits per heavy atom. The summed E-state index contributed by atoms with van der Waals surface area (Å²) in [5.41, 5.74) is 1.33. The third-order valence-electron chi connectivity index (χ3n) is 4.86. The first kappa shape index (κ1) is 15.5. The van der Waals surface area contributed by atoms with Gasteiger partial charge in [-0.1, -0.05) is 36.8 Å². The molecule has 2 fully saturated rings. The summed E-state index contributed by atoms with van der Waals surface area (Å²) in [6, 6.07) is 10.9. The number of hydrogen-bond acceptors (Lipinski definition) is 3. The molecule has 0 aromatic heterocycles. The predicted octanol–water partition coefficient (Wildman–Crippen LogP) is 1.85. The molecule has 22 heavy (non-hydrogen) atoms. The van der Waals surface area contributed by atoms with Gasteiger partial charge in [0.2, 0.25) is 5.91 Å². The van der Waals surface area contributed by atoms with Gasteiger partial charge in [-0.2, -0.15) is 0 Å². The number of nitrogens with one attached hydrogen (secondary N) is 1. The van der Waals surface area contributed by atoms with Crippen molar-refractivity contribution in [3.8, 4) is 0 Å². The monoisotopic (exact) mass is 302 g/mol. The van der Waals surface area contributed by atoms with Gasteiger partial charge in [-0.15, -0.1) is 0 Å². The van der Waals surface area contributed by atoms with Crippen molar-refractivity contribution in [2.45, 2.75) is 31.7 Å². The first-order valence-corrected chi connectivity index (χ1v) is 8.46. The topological polar surface area (TPSA) is 41.6 Å². The lowest BCUT2D eigenvalue weighted by Crippen LogP contribution is -2.50. The zero-order valence-electron chi connectivity index (χ0n) is 13.2. The minimum absolute atomic E-state index is 0.248. The van der Waals surface area contributed by atoms with Crippen LogP contribution in [0.25, 0.3) is 0 Å². The fourth-order valence-electron chi connectivity index (χ4n) is 3.19. The van der Waals surface area contributed by atoms with E-state index in [1.54, 1.807) is 0 Å². The SMILES string of the molecule is O=C(NCC(Cc1ccccc1)N1CCOCC1)C1CCC1. The molecule has 1 unspecified atom stereocenters. The number of rotatable bonds is 6. The summed E-state index contributed by atoms with van der Waals surface area (Å²) in [7, 11) is 0. The van der Waals surface area contributed by atoms with Crippen LogP contribution in [0.2, 0.25) is 0 Å². The average molecular weight is 302 g/mol. The van der Waals surface area contributed by atoms with Crippen molar-refractivity contribution in [3.63, 3.8) is 0 Å². The number of carbonyl (C=O) groups excluding carboxylic acids is 1. The van der Waals surface area contributed by atoms with Crippen LogP contribution in [0.5, 0.6) is 0 Å². The molecule has 1 N–H and O–H groups in total. The first-order valence-electron chi connectivity index (χ1n) is 8.46. The maximum absolute atomic E-state index is 12.1. The van der Waals surface area contributed by atoms with Crippen LogP contribution in [-0.4, -0.2) is 49.7 Å². The van der Waals surface area contributed by atoms with E-state index < -0.39 is 0 Å². The maximum Gasteiger partial charge on any atom is 0.223 e. The van der Waals surface area contributed by atoms with Gasteiger partial charge >= 0.3 is 0 Å². The van der Waals surface area contributed by atoms with Gasteiger partial charge in [0.1, 0.15) is 0 Å². The van der Waals surface area contributed by atoms with Gasteiger partial charge in [0, 0.05) is 31.6 Å². The Hall–Kier alpha value is -1.39. The lowest BCUT2D eigenvalue weighted by Gasteiger charge is -2.35. The lowest BCUT2D eigenvalue weighted by atomic mass is 9.85. The Kier molecular flexibility index (Phi) is 5.46. The van der Waals surface area contributed by atoms with Gasteiger partial charge in [0.25, 0.3) is 0 Å². The van der Waals surface area contributed by atoms with Crippen molar-refractivity contribution in [1.82, 2.24) is 10.2 Å². The summed E-state index contributed by atoms with van der Waals surface area (Å²) in [4.78, 5) is 14.6. The molecule has 4 heteroatoms. The summed E-state index contributed by atoms with van der Waals surface area (Å²) in [6.45, 7) is 4.24. The molecule has 1 aromatic carbocycles.